The third-order valence-electron chi connectivity index (χ3n) is 2.55. The van der Waals surface area contributed by atoms with Gasteiger partial charge in [-0.05, 0) is 6.07 Å². The van der Waals surface area contributed by atoms with Crippen molar-refractivity contribution >= 4 is 10.0 Å². The summed E-state index contributed by atoms with van der Waals surface area (Å²) in [4.78, 5) is 0. The van der Waals surface area contributed by atoms with Gasteiger partial charge >= 0.3 is 0 Å². The monoisotopic (exact) mass is 281 g/mol. The first-order chi connectivity index (χ1) is 8.40. The first-order valence-electron chi connectivity index (χ1n) is 5.09. The quantitative estimate of drug-likeness (QED) is 0.766. The first kappa shape index (κ1) is 13.3. The minimum atomic E-state index is -3.63. The van der Waals surface area contributed by atoms with Crippen molar-refractivity contribution in [2.75, 3.05) is 19.1 Å². The molecule has 100 valence electrons. The van der Waals surface area contributed by atoms with E-state index in [1.807, 2.05) is 0 Å². The maximum atomic E-state index is 13.4. The lowest BCUT2D eigenvalue weighted by atomic mass is 10.2. The van der Waals surface area contributed by atoms with Gasteiger partial charge in [0.05, 0.1) is 6.61 Å². The van der Waals surface area contributed by atoms with Crippen LogP contribution >= 0.6 is 0 Å². The molecule has 0 atom stereocenters. The zero-order chi connectivity index (χ0) is 13.3. The average Bonchev–Trinajstić information content (AvgIpc) is 2.28. The second-order valence-electron chi connectivity index (χ2n) is 3.83. The van der Waals surface area contributed by atoms with Crippen molar-refractivity contribution in [2.24, 2.45) is 0 Å². The molecule has 1 fully saturated rings. The molecule has 0 bridgehead atoms. The maximum Gasteiger partial charge on any atom is 0.238 e. The van der Waals surface area contributed by atoms with Gasteiger partial charge in [-0.25, -0.2) is 21.6 Å². The van der Waals surface area contributed by atoms with Crippen LogP contribution in [-0.4, -0.2) is 31.8 Å². The van der Waals surface area contributed by atoms with Gasteiger partial charge in [0.1, 0.15) is 5.82 Å². The predicted octanol–water partition coefficient (Wildman–Crippen LogP) is 1.22. The summed E-state index contributed by atoms with van der Waals surface area (Å²) in [5, 5.41) is 0. The van der Waals surface area contributed by atoms with E-state index in [4.69, 9.17) is 4.74 Å². The zero-order valence-electron chi connectivity index (χ0n) is 9.20. The second kappa shape index (κ2) is 4.87. The van der Waals surface area contributed by atoms with E-state index < -0.39 is 33.4 Å². The number of hydrogen-bond donors (Lipinski definition) is 0. The lowest BCUT2D eigenvalue weighted by Crippen LogP contribution is -2.40. The molecule has 0 radical (unpaired) electrons. The predicted molar refractivity (Wildman–Crippen MR) is 56.5 cm³/mol. The molecule has 1 aromatic rings. The van der Waals surface area contributed by atoms with Crippen LogP contribution in [0.2, 0.25) is 0 Å². The van der Waals surface area contributed by atoms with Crippen LogP contribution in [-0.2, 0) is 21.3 Å². The highest BCUT2D eigenvalue weighted by Gasteiger charge is 2.27. The highest BCUT2D eigenvalue weighted by molar-refractivity contribution is 7.88. The highest BCUT2D eigenvalue weighted by Crippen LogP contribution is 2.18. The molecule has 0 amide bonds. The lowest BCUT2D eigenvalue weighted by molar-refractivity contribution is 0.130. The van der Waals surface area contributed by atoms with E-state index in [9.17, 15) is 21.6 Å². The summed E-state index contributed by atoms with van der Waals surface area (Å²) in [5.74, 6) is -3.98. The summed E-state index contributed by atoms with van der Waals surface area (Å²) >= 11 is 0. The van der Waals surface area contributed by atoms with Crippen LogP contribution in [0.15, 0.2) is 12.1 Å². The van der Waals surface area contributed by atoms with E-state index in [-0.39, 0.29) is 25.3 Å². The summed E-state index contributed by atoms with van der Waals surface area (Å²) in [7, 11) is -3.63. The number of sulfonamides is 1. The van der Waals surface area contributed by atoms with Crippen LogP contribution in [0.25, 0.3) is 0 Å². The Hall–Kier alpha value is -1.12. The molecule has 0 aliphatic carbocycles. The Labute approximate surface area is 102 Å². The van der Waals surface area contributed by atoms with Crippen molar-refractivity contribution in [1.82, 2.24) is 4.31 Å². The Balaban J connectivity index is 2.26. The van der Waals surface area contributed by atoms with Gasteiger partial charge in [0.2, 0.25) is 10.0 Å². The van der Waals surface area contributed by atoms with E-state index in [0.29, 0.717) is 12.1 Å². The number of nitrogens with zero attached hydrogens (tertiary/aromatic N) is 1. The van der Waals surface area contributed by atoms with Crippen molar-refractivity contribution in [2.45, 2.75) is 6.54 Å². The summed E-state index contributed by atoms with van der Waals surface area (Å²) in [6.07, 6.45) is 0. The van der Waals surface area contributed by atoms with Gasteiger partial charge in [-0.15, -0.1) is 0 Å². The summed E-state index contributed by atoms with van der Waals surface area (Å²) in [5.41, 5.74) is -0.209. The summed E-state index contributed by atoms with van der Waals surface area (Å²) in [6, 6.07) is 1.06. The molecule has 4 nitrogen and oxygen atoms in total. The molecule has 0 N–H and O–H groups in total. The lowest BCUT2D eigenvalue weighted by Gasteiger charge is -2.26. The van der Waals surface area contributed by atoms with Crippen molar-refractivity contribution in [3.63, 3.8) is 0 Å². The minimum Gasteiger partial charge on any atom is -0.363 e. The Morgan fingerprint density at radius 3 is 2.50 bits per heavy atom. The first-order valence-corrected chi connectivity index (χ1v) is 6.70. The van der Waals surface area contributed by atoms with Crippen molar-refractivity contribution in [3.8, 4) is 0 Å². The molecule has 1 aliphatic rings. The van der Waals surface area contributed by atoms with Crippen LogP contribution in [0, 0.1) is 17.5 Å². The molecule has 1 aliphatic heterocycles. The molecule has 0 unspecified atom stereocenters. The molecule has 0 spiro atoms. The minimum absolute atomic E-state index is 0.0563. The smallest absolute Gasteiger partial charge is 0.238 e. The van der Waals surface area contributed by atoms with Crippen LogP contribution in [0.4, 0.5) is 13.2 Å². The molecule has 8 heteroatoms. The number of halogens is 3. The maximum absolute atomic E-state index is 13.4. The van der Waals surface area contributed by atoms with Gasteiger partial charge in [-0.2, -0.15) is 4.31 Å². The Kier molecular flexibility index (Phi) is 3.60. The Morgan fingerprint density at radius 2 is 1.83 bits per heavy atom. The van der Waals surface area contributed by atoms with Gasteiger partial charge < -0.3 is 4.74 Å². The van der Waals surface area contributed by atoms with Crippen molar-refractivity contribution < 1.29 is 26.3 Å². The second-order valence-corrected chi connectivity index (χ2v) is 5.75. The molecular formula is C10H10F3NO3S. The molecule has 1 saturated heterocycles. The van der Waals surface area contributed by atoms with Crippen LogP contribution in [0.1, 0.15) is 5.56 Å². The van der Waals surface area contributed by atoms with E-state index in [0.717, 1.165) is 4.31 Å². The van der Waals surface area contributed by atoms with Gasteiger partial charge in [0, 0.05) is 24.7 Å². The average molecular weight is 281 g/mol. The standard InChI is InChI=1S/C10H10F3NO3S/c11-8-4-10(13)9(12)3-7(8)5-14-1-2-17-6-18(14,15)16/h3-4H,1-2,5-6H2. The van der Waals surface area contributed by atoms with Crippen molar-refractivity contribution in [1.29, 1.82) is 0 Å². The van der Waals surface area contributed by atoms with Gasteiger partial charge in [0.15, 0.2) is 17.6 Å². The summed E-state index contributed by atoms with van der Waals surface area (Å²) in [6.45, 7) is -0.0972. The van der Waals surface area contributed by atoms with E-state index in [1.165, 1.54) is 0 Å². The number of benzene rings is 1. The topological polar surface area (TPSA) is 46.6 Å². The van der Waals surface area contributed by atoms with Gasteiger partial charge in [0.25, 0.3) is 0 Å². The molecule has 18 heavy (non-hydrogen) atoms. The molecule has 1 heterocycles. The fourth-order valence-electron chi connectivity index (χ4n) is 1.60. The summed E-state index contributed by atoms with van der Waals surface area (Å²) < 4.78 is 67.9. The Morgan fingerprint density at radius 1 is 1.17 bits per heavy atom. The highest BCUT2D eigenvalue weighted by atomic mass is 32.2. The van der Waals surface area contributed by atoms with Crippen LogP contribution in [0.3, 0.4) is 0 Å². The van der Waals surface area contributed by atoms with E-state index >= 15 is 0 Å². The third kappa shape index (κ3) is 2.65. The zero-order valence-corrected chi connectivity index (χ0v) is 10.0. The SMILES string of the molecule is O=S1(=O)COCCN1Cc1cc(F)c(F)cc1F. The number of hydrogen-bond acceptors (Lipinski definition) is 3. The van der Waals surface area contributed by atoms with E-state index in [2.05, 4.69) is 0 Å². The molecule has 0 aromatic heterocycles. The van der Waals surface area contributed by atoms with Crippen LogP contribution in [0.5, 0.6) is 0 Å². The fourth-order valence-corrected chi connectivity index (χ4v) is 2.76. The Bertz CT molecular complexity index is 562. The number of ether oxygens (including phenoxy) is 1. The van der Waals surface area contributed by atoms with Gasteiger partial charge in [-0.3, -0.25) is 0 Å². The molecule has 1 aromatic carbocycles. The van der Waals surface area contributed by atoms with Gasteiger partial charge in [-0.1, -0.05) is 0 Å². The largest absolute Gasteiger partial charge is 0.363 e. The third-order valence-corrected chi connectivity index (χ3v) is 4.11. The fraction of sp³-hybridized carbons (Fsp3) is 0.400. The van der Waals surface area contributed by atoms with Crippen molar-refractivity contribution in [3.05, 3.63) is 35.1 Å². The number of rotatable bonds is 2. The molecular weight excluding hydrogens is 271 g/mol. The normalized spacial score (nSPS) is 19.9. The van der Waals surface area contributed by atoms with Crippen LogP contribution < -0.4 is 0 Å². The molecule has 2 rings (SSSR count). The van der Waals surface area contributed by atoms with E-state index in [1.54, 1.807) is 0 Å². The molecule has 0 saturated carbocycles.